The zero-order chi connectivity index (χ0) is 16.8. The van der Waals surface area contributed by atoms with E-state index in [1.165, 1.54) is 0 Å². The maximum Gasteiger partial charge on any atom is 0.222 e. The van der Waals surface area contributed by atoms with Gasteiger partial charge in [0.25, 0.3) is 0 Å². The zero-order valence-corrected chi connectivity index (χ0v) is 14.3. The van der Waals surface area contributed by atoms with Crippen molar-refractivity contribution >= 4 is 5.91 Å². The van der Waals surface area contributed by atoms with Gasteiger partial charge in [-0.3, -0.25) is 9.69 Å². The second kappa shape index (κ2) is 8.49. The number of hydrogen-bond donors (Lipinski definition) is 1. The van der Waals surface area contributed by atoms with Gasteiger partial charge in [0.15, 0.2) is 0 Å². The van der Waals surface area contributed by atoms with Crippen LogP contribution in [-0.2, 0) is 16.0 Å². The Hall–Kier alpha value is -1.59. The van der Waals surface area contributed by atoms with Crippen molar-refractivity contribution < 1.29 is 14.6 Å². The van der Waals surface area contributed by atoms with Gasteiger partial charge in [-0.25, -0.2) is 0 Å². The van der Waals surface area contributed by atoms with Gasteiger partial charge < -0.3 is 14.7 Å². The maximum atomic E-state index is 12.4. The van der Waals surface area contributed by atoms with Crippen molar-refractivity contribution in [1.82, 2.24) is 9.80 Å². The van der Waals surface area contributed by atoms with E-state index in [4.69, 9.17) is 4.74 Å². The van der Waals surface area contributed by atoms with Gasteiger partial charge in [-0.15, -0.1) is 0 Å². The highest BCUT2D eigenvalue weighted by molar-refractivity contribution is 5.76. The minimum absolute atomic E-state index is 0.293. The number of rotatable bonds is 6. The van der Waals surface area contributed by atoms with Crippen LogP contribution in [0.2, 0.25) is 0 Å². The van der Waals surface area contributed by atoms with Crippen LogP contribution in [0.15, 0.2) is 24.3 Å². The number of benzene rings is 1. The number of likely N-dealkylation sites (tertiary alicyclic amines) is 1. The standard InChI is InChI=1S/C19H28N2O3/c22-18-4-1-3-16(14-18)13-17-6-8-21(15-17)19(23)5-2-7-20-9-11-24-12-10-20/h1,3-4,14,17,22H,2,5-13,15H2. The van der Waals surface area contributed by atoms with Gasteiger partial charge in [0.05, 0.1) is 13.2 Å². The number of carbonyl (C=O) groups is 1. The molecule has 1 aromatic rings. The molecule has 2 fully saturated rings. The fourth-order valence-electron chi connectivity index (χ4n) is 3.68. The van der Waals surface area contributed by atoms with E-state index < -0.39 is 0 Å². The molecular weight excluding hydrogens is 304 g/mol. The van der Waals surface area contributed by atoms with E-state index >= 15 is 0 Å². The van der Waals surface area contributed by atoms with Crippen LogP contribution in [0.1, 0.15) is 24.8 Å². The summed E-state index contributed by atoms with van der Waals surface area (Å²) >= 11 is 0. The van der Waals surface area contributed by atoms with Crippen LogP contribution in [0.25, 0.3) is 0 Å². The summed E-state index contributed by atoms with van der Waals surface area (Å²) in [5, 5.41) is 9.56. The molecule has 0 bridgehead atoms. The molecule has 24 heavy (non-hydrogen) atoms. The molecule has 2 aliphatic heterocycles. The molecule has 132 valence electrons. The summed E-state index contributed by atoms with van der Waals surface area (Å²) in [4.78, 5) is 16.8. The Balaban J connectivity index is 1.37. The minimum atomic E-state index is 0.293. The lowest BCUT2D eigenvalue weighted by Gasteiger charge is -2.26. The molecule has 1 unspecified atom stereocenters. The van der Waals surface area contributed by atoms with Gasteiger partial charge in [0.1, 0.15) is 5.75 Å². The van der Waals surface area contributed by atoms with Crippen molar-refractivity contribution in [2.75, 3.05) is 45.9 Å². The SMILES string of the molecule is O=C(CCCN1CCOCC1)N1CCC(Cc2cccc(O)c2)C1. The molecular formula is C19H28N2O3. The zero-order valence-electron chi connectivity index (χ0n) is 14.3. The highest BCUT2D eigenvalue weighted by Crippen LogP contribution is 2.23. The summed E-state index contributed by atoms with van der Waals surface area (Å²) in [7, 11) is 0. The summed E-state index contributed by atoms with van der Waals surface area (Å²) < 4.78 is 5.34. The molecule has 0 spiro atoms. The fraction of sp³-hybridized carbons (Fsp3) is 0.632. The van der Waals surface area contributed by atoms with Crippen LogP contribution in [0.3, 0.4) is 0 Å². The minimum Gasteiger partial charge on any atom is -0.508 e. The van der Waals surface area contributed by atoms with Crippen LogP contribution >= 0.6 is 0 Å². The van der Waals surface area contributed by atoms with Gasteiger partial charge in [-0.1, -0.05) is 12.1 Å². The molecule has 1 N–H and O–H groups in total. The Kier molecular flexibility index (Phi) is 6.10. The van der Waals surface area contributed by atoms with Crippen molar-refractivity contribution in [2.24, 2.45) is 5.92 Å². The van der Waals surface area contributed by atoms with E-state index in [2.05, 4.69) is 4.90 Å². The third-order valence-corrected chi connectivity index (χ3v) is 5.04. The monoisotopic (exact) mass is 332 g/mol. The van der Waals surface area contributed by atoms with E-state index in [-0.39, 0.29) is 0 Å². The summed E-state index contributed by atoms with van der Waals surface area (Å²) in [5.41, 5.74) is 1.15. The smallest absolute Gasteiger partial charge is 0.222 e. The largest absolute Gasteiger partial charge is 0.508 e. The summed E-state index contributed by atoms with van der Waals surface area (Å²) in [5.74, 6) is 1.12. The molecule has 3 rings (SSSR count). The van der Waals surface area contributed by atoms with Crippen LogP contribution < -0.4 is 0 Å². The normalized spacial score (nSPS) is 22.0. The molecule has 2 saturated heterocycles. The second-order valence-corrected chi connectivity index (χ2v) is 6.93. The van der Waals surface area contributed by atoms with Crippen LogP contribution in [-0.4, -0.2) is 66.8 Å². The van der Waals surface area contributed by atoms with E-state index in [9.17, 15) is 9.90 Å². The molecule has 1 amide bonds. The van der Waals surface area contributed by atoms with Crippen LogP contribution in [0, 0.1) is 5.92 Å². The molecule has 5 heteroatoms. The van der Waals surface area contributed by atoms with Gasteiger partial charge in [0, 0.05) is 32.6 Å². The van der Waals surface area contributed by atoms with Crippen molar-refractivity contribution in [1.29, 1.82) is 0 Å². The predicted octanol–water partition coefficient (Wildman–Crippen LogP) is 1.90. The molecule has 0 radical (unpaired) electrons. The van der Waals surface area contributed by atoms with Gasteiger partial charge >= 0.3 is 0 Å². The molecule has 5 nitrogen and oxygen atoms in total. The number of nitrogens with zero attached hydrogens (tertiary/aromatic N) is 2. The second-order valence-electron chi connectivity index (χ2n) is 6.93. The number of morpholine rings is 1. The first-order valence-corrected chi connectivity index (χ1v) is 9.06. The van der Waals surface area contributed by atoms with E-state index in [0.717, 1.165) is 70.8 Å². The predicted molar refractivity (Wildman–Crippen MR) is 93.0 cm³/mol. The Morgan fingerprint density at radius 2 is 2.08 bits per heavy atom. The summed E-state index contributed by atoms with van der Waals surface area (Å²) in [6.45, 7) is 6.34. The van der Waals surface area contributed by atoms with Crippen molar-refractivity contribution in [3.8, 4) is 5.75 Å². The van der Waals surface area contributed by atoms with Gasteiger partial charge in [-0.05, 0) is 49.4 Å². The lowest BCUT2D eigenvalue weighted by molar-refractivity contribution is -0.130. The first-order chi connectivity index (χ1) is 11.7. The summed E-state index contributed by atoms with van der Waals surface area (Å²) in [6, 6.07) is 7.45. The topological polar surface area (TPSA) is 53.0 Å². The first kappa shape index (κ1) is 17.2. The van der Waals surface area contributed by atoms with E-state index in [1.807, 2.05) is 23.1 Å². The van der Waals surface area contributed by atoms with E-state index in [0.29, 0.717) is 24.0 Å². The maximum absolute atomic E-state index is 12.4. The summed E-state index contributed by atoms with van der Waals surface area (Å²) in [6.07, 6.45) is 3.58. The van der Waals surface area contributed by atoms with Gasteiger partial charge in [0.2, 0.25) is 5.91 Å². The quantitative estimate of drug-likeness (QED) is 0.864. The number of phenols is 1. The Labute approximate surface area is 144 Å². The number of aromatic hydroxyl groups is 1. The van der Waals surface area contributed by atoms with E-state index in [1.54, 1.807) is 6.07 Å². The lowest BCUT2D eigenvalue weighted by Crippen LogP contribution is -2.37. The highest BCUT2D eigenvalue weighted by Gasteiger charge is 2.26. The number of ether oxygens (including phenoxy) is 1. The first-order valence-electron chi connectivity index (χ1n) is 9.06. The molecule has 2 heterocycles. The Morgan fingerprint density at radius 1 is 1.25 bits per heavy atom. The number of hydrogen-bond acceptors (Lipinski definition) is 4. The number of carbonyl (C=O) groups excluding carboxylic acids is 1. The fourth-order valence-corrected chi connectivity index (χ4v) is 3.68. The Morgan fingerprint density at radius 3 is 2.88 bits per heavy atom. The van der Waals surface area contributed by atoms with Crippen LogP contribution in [0.5, 0.6) is 5.75 Å². The average Bonchev–Trinajstić information content (AvgIpc) is 3.04. The third-order valence-electron chi connectivity index (χ3n) is 5.04. The average molecular weight is 332 g/mol. The molecule has 1 aromatic carbocycles. The lowest BCUT2D eigenvalue weighted by atomic mass is 9.98. The van der Waals surface area contributed by atoms with Gasteiger partial charge in [-0.2, -0.15) is 0 Å². The molecule has 0 saturated carbocycles. The number of amides is 1. The van der Waals surface area contributed by atoms with Crippen molar-refractivity contribution in [3.63, 3.8) is 0 Å². The third kappa shape index (κ3) is 4.95. The molecule has 0 aromatic heterocycles. The Bertz CT molecular complexity index is 543. The highest BCUT2D eigenvalue weighted by atomic mass is 16.5. The van der Waals surface area contributed by atoms with Crippen molar-refractivity contribution in [3.05, 3.63) is 29.8 Å². The van der Waals surface area contributed by atoms with Crippen molar-refractivity contribution in [2.45, 2.75) is 25.7 Å². The molecule has 0 aliphatic carbocycles. The van der Waals surface area contributed by atoms with Crippen LogP contribution in [0.4, 0.5) is 0 Å². The number of phenolic OH excluding ortho intramolecular Hbond substituents is 1. The molecule has 2 aliphatic rings. The molecule has 1 atom stereocenters.